The largest absolute Gasteiger partial charge is 0.451 e. The first-order chi connectivity index (χ1) is 10.7. The van der Waals surface area contributed by atoms with Gasteiger partial charge in [0.25, 0.3) is 5.91 Å². The maximum atomic E-state index is 12.4. The molecule has 1 saturated heterocycles. The van der Waals surface area contributed by atoms with E-state index < -0.39 is 18.2 Å². The van der Waals surface area contributed by atoms with Crippen molar-refractivity contribution in [2.45, 2.75) is 72.4 Å². The van der Waals surface area contributed by atoms with Gasteiger partial charge in [0.15, 0.2) is 12.2 Å². The molecule has 1 aliphatic rings. The molecule has 4 atom stereocenters. The van der Waals surface area contributed by atoms with Crippen molar-refractivity contribution in [3.63, 3.8) is 0 Å². The number of carbonyl (C=O) groups is 2. The minimum Gasteiger partial charge on any atom is -0.451 e. The van der Waals surface area contributed by atoms with Crippen molar-refractivity contribution in [2.75, 3.05) is 19.7 Å². The fourth-order valence-electron chi connectivity index (χ4n) is 2.48. The smallest absolute Gasteiger partial charge is 0.335 e. The summed E-state index contributed by atoms with van der Waals surface area (Å²) in [5.41, 5.74) is 0. The maximum absolute atomic E-state index is 12.4. The third kappa shape index (κ3) is 6.87. The van der Waals surface area contributed by atoms with Gasteiger partial charge in [-0.15, -0.1) is 0 Å². The van der Waals surface area contributed by atoms with Crippen LogP contribution in [0.25, 0.3) is 0 Å². The second kappa shape index (κ2) is 9.23. The van der Waals surface area contributed by atoms with Crippen molar-refractivity contribution in [3.05, 3.63) is 0 Å². The Labute approximate surface area is 139 Å². The molecule has 6 nitrogen and oxygen atoms in total. The zero-order chi connectivity index (χ0) is 17.6. The predicted octanol–water partition coefficient (Wildman–Crippen LogP) is 2.01. The van der Waals surface area contributed by atoms with E-state index in [0.717, 1.165) is 6.42 Å². The molecule has 0 aromatic rings. The van der Waals surface area contributed by atoms with Crippen LogP contribution in [0.1, 0.15) is 48.0 Å². The first-order valence-electron chi connectivity index (χ1n) is 8.47. The highest BCUT2D eigenvalue weighted by Gasteiger charge is 2.31. The van der Waals surface area contributed by atoms with Crippen molar-refractivity contribution in [1.29, 1.82) is 0 Å². The third-order valence-electron chi connectivity index (χ3n) is 3.77. The topological polar surface area (TPSA) is 65.1 Å². The number of nitrogens with zero attached hydrogens (tertiary/aromatic N) is 1. The molecule has 6 heteroatoms. The first kappa shape index (κ1) is 19.9. The number of amides is 1. The fraction of sp³-hybridized carbons (Fsp3) is 0.882. The molecule has 1 fully saturated rings. The number of hydrogen-bond acceptors (Lipinski definition) is 5. The van der Waals surface area contributed by atoms with Crippen LogP contribution in [-0.4, -0.2) is 60.9 Å². The molecule has 4 unspecified atom stereocenters. The number of rotatable bonds is 7. The predicted molar refractivity (Wildman–Crippen MR) is 87.0 cm³/mol. The van der Waals surface area contributed by atoms with Gasteiger partial charge in [-0.2, -0.15) is 0 Å². The van der Waals surface area contributed by atoms with E-state index in [1.807, 2.05) is 13.8 Å². The Bertz CT molecular complexity index is 388. The van der Waals surface area contributed by atoms with E-state index in [1.54, 1.807) is 18.7 Å². The molecule has 0 aliphatic carbocycles. The molecule has 0 aromatic heterocycles. The Morgan fingerprint density at radius 3 is 2.17 bits per heavy atom. The van der Waals surface area contributed by atoms with Gasteiger partial charge in [-0.1, -0.05) is 13.8 Å². The van der Waals surface area contributed by atoms with E-state index >= 15 is 0 Å². The molecule has 134 valence electrons. The third-order valence-corrected chi connectivity index (χ3v) is 3.77. The van der Waals surface area contributed by atoms with E-state index in [-0.39, 0.29) is 18.1 Å². The van der Waals surface area contributed by atoms with Gasteiger partial charge < -0.3 is 19.1 Å². The van der Waals surface area contributed by atoms with Gasteiger partial charge >= 0.3 is 5.97 Å². The lowest BCUT2D eigenvalue weighted by molar-refractivity contribution is -0.171. The molecule has 0 radical (unpaired) electrons. The molecule has 1 aliphatic heterocycles. The van der Waals surface area contributed by atoms with Crippen LogP contribution in [0.15, 0.2) is 0 Å². The summed E-state index contributed by atoms with van der Waals surface area (Å²) in [4.78, 5) is 26.1. The number of ether oxygens (including phenoxy) is 3. The highest BCUT2D eigenvalue weighted by molar-refractivity contribution is 5.84. The minimum atomic E-state index is -0.809. The second-order valence-corrected chi connectivity index (χ2v) is 6.78. The van der Waals surface area contributed by atoms with Gasteiger partial charge in [0.1, 0.15) is 0 Å². The van der Waals surface area contributed by atoms with E-state index in [0.29, 0.717) is 25.6 Å². The van der Waals surface area contributed by atoms with Gasteiger partial charge in [0.2, 0.25) is 0 Å². The first-order valence-corrected chi connectivity index (χ1v) is 8.47. The van der Waals surface area contributed by atoms with Crippen LogP contribution in [0.4, 0.5) is 0 Å². The van der Waals surface area contributed by atoms with Crippen LogP contribution in [-0.2, 0) is 23.8 Å². The normalized spacial score (nSPS) is 24.4. The minimum absolute atomic E-state index is 0.0103. The van der Waals surface area contributed by atoms with Crippen LogP contribution in [0, 0.1) is 5.92 Å². The van der Waals surface area contributed by atoms with Crippen LogP contribution in [0.3, 0.4) is 0 Å². The Morgan fingerprint density at radius 2 is 1.65 bits per heavy atom. The van der Waals surface area contributed by atoms with Gasteiger partial charge in [-0.05, 0) is 40.0 Å². The summed E-state index contributed by atoms with van der Waals surface area (Å²) in [6, 6.07) is 0. The average Bonchev–Trinajstić information content (AvgIpc) is 2.44. The molecule has 0 bridgehead atoms. The van der Waals surface area contributed by atoms with E-state index in [1.165, 1.54) is 0 Å². The highest BCUT2D eigenvalue weighted by Crippen LogP contribution is 2.13. The summed E-state index contributed by atoms with van der Waals surface area (Å²) in [6.07, 6.45) is -0.606. The molecule has 0 N–H and O–H groups in total. The molecule has 0 aromatic carbocycles. The van der Waals surface area contributed by atoms with E-state index in [4.69, 9.17) is 14.2 Å². The lowest BCUT2D eigenvalue weighted by Crippen LogP contribution is -2.51. The number of carbonyl (C=O) groups excluding carboxylic acids is 2. The zero-order valence-corrected chi connectivity index (χ0v) is 15.2. The highest BCUT2D eigenvalue weighted by atomic mass is 16.6. The van der Waals surface area contributed by atoms with Crippen LogP contribution < -0.4 is 0 Å². The molecule has 1 heterocycles. The Kier molecular flexibility index (Phi) is 7.99. The molecular formula is C17H31NO5. The maximum Gasteiger partial charge on any atom is 0.335 e. The summed E-state index contributed by atoms with van der Waals surface area (Å²) in [5, 5.41) is 0. The van der Waals surface area contributed by atoms with Gasteiger partial charge in [-0.25, -0.2) is 4.79 Å². The van der Waals surface area contributed by atoms with Gasteiger partial charge in [0, 0.05) is 19.7 Å². The molecule has 0 spiro atoms. The SMILES string of the molecule is CC(C)CCOC(C)C(=O)OC(C)C(=O)N1CC(C)OC(C)C1. The number of hydrogen-bond donors (Lipinski definition) is 0. The molecule has 0 saturated carbocycles. The standard InChI is InChI=1S/C17H31NO5/c1-11(2)7-8-21-15(6)17(20)23-14(5)16(19)18-9-12(3)22-13(4)10-18/h11-15H,7-10H2,1-6H3. The van der Waals surface area contributed by atoms with Crippen molar-refractivity contribution in [2.24, 2.45) is 5.92 Å². The average molecular weight is 329 g/mol. The molecule has 23 heavy (non-hydrogen) atoms. The molecule has 1 rings (SSSR count). The Balaban J connectivity index is 2.42. The Morgan fingerprint density at radius 1 is 1.09 bits per heavy atom. The van der Waals surface area contributed by atoms with Crippen LogP contribution >= 0.6 is 0 Å². The fourth-order valence-corrected chi connectivity index (χ4v) is 2.48. The van der Waals surface area contributed by atoms with Gasteiger partial charge in [0.05, 0.1) is 12.2 Å². The van der Waals surface area contributed by atoms with E-state index in [2.05, 4.69) is 13.8 Å². The molecule has 1 amide bonds. The Hall–Kier alpha value is -1.14. The quantitative estimate of drug-likeness (QED) is 0.669. The monoisotopic (exact) mass is 329 g/mol. The zero-order valence-electron chi connectivity index (χ0n) is 15.2. The van der Waals surface area contributed by atoms with Crippen LogP contribution in [0.2, 0.25) is 0 Å². The summed E-state index contributed by atoms with van der Waals surface area (Å²) >= 11 is 0. The summed E-state index contributed by atoms with van der Waals surface area (Å²) in [5.74, 6) is -0.164. The lowest BCUT2D eigenvalue weighted by atomic mass is 10.1. The summed E-state index contributed by atoms with van der Waals surface area (Å²) in [7, 11) is 0. The number of esters is 1. The molecular weight excluding hydrogens is 298 g/mol. The number of morpholine rings is 1. The van der Waals surface area contributed by atoms with Gasteiger partial charge in [-0.3, -0.25) is 4.79 Å². The summed E-state index contributed by atoms with van der Waals surface area (Å²) in [6.45, 7) is 12.8. The van der Waals surface area contributed by atoms with Crippen molar-refractivity contribution in [3.8, 4) is 0 Å². The lowest BCUT2D eigenvalue weighted by Gasteiger charge is -2.36. The second-order valence-electron chi connectivity index (χ2n) is 6.78. The van der Waals surface area contributed by atoms with Crippen LogP contribution in [0.5, 0.6) is 0 Å². The van der Waals surface area contributed by atoms with Crippen molar-refractivity contribution < 1.29 is 23.8 Å². The summed E-state index contributed by atoms with van der Waals surface area (Å²) < 4.78 is 16.3. The van der Waals surface area contributed by atoms with Crippen molar-refractivity contribution >= 4 is 11.9 Å². The van der Waals surface area contributed by atoms with E-state index in [9.17, 15) is 9.59 Å². The van der Waals surface area contributed by atoms with Crippen molar-refractivity contribution in [1.82, 2.24) is 4.90 Å².